The molecule has 2 fully saturated rings. The van der Waals surface area contributed by atoms with Gasteiger partial charge >= 0.3 is 5.97 Å². The third kappa shape index (κ3) is 2.18. The van der Waals surface area contributed by atoms with E-state index in [1.54, 1.807) is 0 Å². The van der Waals surface area contributed by atoms with Gasteiger partial charge in [-0.15, -0.1) is 0 Å². The van der Waals surface area contributed by atoms with Crippen molar-refractivity contribution in [2.24, 2.45) is 23.2 Å². The predicted octanol–water partition coefficient (Wildman–Crippen LogP) is 2.85. The number of rotatable bonds is 3. The molecule has 3 nitrogen and oxygen atoms in total. The molecule has 1 aliphatic heterocycles. The summed E-state index contributed by atoms with van der Waals surface area (Å²) in [5.41, 5.74) is -0.0912. The Hall–Kier alpha value is -0.570. The SMILES string of the molecule is CCC1CN(C2CCC(C(=O)O)C(C)(C)C2C)C1. The van der Waals surface area contributed by atoms with E-state index in [4.69, 9.17) is 0 Å². The van der Waals surface area contributed by atoms with Crippen molar-refractivity contribution >= 4 is 5.97 Å². The Balaban J connectivity index is 2.03. The normalized spacial score (nSPS) is 37.2. The van der Waals surface area contributed by atoms with Crippen molar-refractivity contribution in [2.75, 3.05) is 13.1 Å². The zero-order valence-corrected chi connectivity index (χ0v) is 12.1. The monoisotopic (exact) mass is 253 g/mol. The average molecular weight is 253 g/mol. The van der Waals surface area contributed by atoms with Gasteiger partial charge in [-0.25, -0.2) is 0 Å². The number of carbonyl (C=O) groups is 1. The van der Waals surface area contributed by atoms with Gasteiger partial charge < -0.3 is 5.11 Å². The van der Waals surface area contributed by atoms with Crippen LogP contribution in [-0.2, 0) is 4.79 Å². The van der Waals surface area contributed by atoms with Gasteiger partial charge in [-0.1, -0.05) is 34.1 Å². The van der Waals surface area contributed by atoms with Crippen molar-refractivity contribution in [3.63, 3.8) is 0 Å². The number of carboxylic acid groups (broad SMARTS) is 1. The number of hydrogen-bond donors (Lipinski definition) is 1. The maximum absolute atomic E-state index is 11.4. The molecule has 3 heteroatoms. The van der Waals surface area contributed by atoms with Gasteiger partial charge in [-0.05, 0) is 30.1 Å². The van der Waals surface area contributed by atoms with Crippen LogP contribution in [0.4, 0.5) is 0 Å². The third-order valence-corrected chi connectivity index (χ3v) is 5.73. The molecule has 0 aromatic rings. The molecule has 3 atom stereocenters. The molecule has 1 heterocycles. The number of nitrogens with zero attached hydrogens (tertiary/aromatic N) is 1. The second-order valence-electron chi connectivity index (χ2n) is 6.87. The minimum atomic E-state index is -0.611. The van der Waals surface area contributed by atoms with Crippen LogP contribution in [0.15, 0.2) is 0 Å². The van der Waals surface area contributed by atoms with Gasteiger partial charge in [0, 0.05) is 19.1 Å². The van der Waals surface area contributed by atoms with E-state index in [0.29, 0.717) is 12.0 Å². The summed E-state index contributed by atoms with van der Waals surface area (Å²) in [6.07, 6.45) is 3.17. The Labute approximate surface area is 111 Å². The highest BCUT2D eigenvalue weighted by molar-refractivity contribution is 5.71. The standard InChI is InChI=1S/C15H27NO2/c1-5-11-8-16(9-11)13-7-6-12(14(17)18)15(3,4)10(13)2/h10-13H,5-9H2,1-4H3,(H,17,18). The Kier molecular flexibility index (Phi) is 3.72. The molecule has 1 saturated carbocycles. The van der Waals surface area contributed by atoms with Gasteiger partial charge in [0.05, 0.1) is 5.92 Å². The topological polar surface area (TPSA) is 40.5 Å². The summed E-state index contributed by atoms with van der Waals surface area (Å²) in [5, 5.41) is 9.35. The molecule has 1 N–H and O–H groups in total. The van der Waals surface area contributed by atoms with E-state index in [2.05, 4.69) is 32.6 Å². The molecule has 0 amide bonds. The van der Waals surface area contributed by atoms with Crippen LogP contribution in [-0.4, -0.2) is 35.1 Å². The first-order chi connectivity index (χ1) is 8.37. The molecule has 1 aliphatic carbocycles. The van der Waals surface area contributed by atoms with Crippen LogP contribution in [0.1, 0.15) is 47.0 Å². The summed E-state index contributed by atoms with van der Waals surface area (Å²) < 4.78 is 0. The highest BCUT2D eigenvalue weighted by atomic mass is 16.4. The van der Waals surface area contributed by atoms with Gasteiger partial charge in [0.2, 0.25) is 0 Å². The average Bonchev–Trinajstić information content (AvgIpc) is 2.22. The van der Waals surface area contributed by atoms with Crippen molar-refractivity contribution < 1.29 is 9.90 Å². The highest BCUT2D eigenvalue weighted by Crippen LogP contribution is 2.47. The summed E-state index contributed by atoms with van der Waals surface area (Å²) in [7, 11) is 0. The van der Waals surface area contributed by atoms with Crippen LogP contribution in [0.3, 0.4) is 0 Å². The fourth-order valence-corrected chi connectivity index (χ4v) is 3.85. The smallest absolute Gasteiger partial charge is 0.307 e. The van der Waals surface area contributed by atoms with Crippen molar-refractivity contribution in [1.82, 2.24) is 4.90 Å². The molecule has 18 heavy (non-hydrogen) atoms. The van der Waals surface area contributed by atoms with Crippen LogP contribution < -0.4 is 0 Å². The van der Waals surface area contributed by atoms with Crippen molar-refractivity contribution in [2.45, 2.75) is 53.0 Å². The largest absolute Gasteiger partial charge is 0.481 e. The molecule has 2 rings (SSSR count). The molecule has 0 spiro atoms. The van der Waals surface area contributed by atoms with E-state index in [1.165, 1.54) is 19.5 Å². The van der Waals surface area contributed by atoms with E-state index in [0.717, 1.165) is 18.8 Å². The molecule has 0 radical (unpaired) electrons. The molecule has 104 valence electrons. The first kappa shape index (κ1) is 13.9. The Morgan fingerprint density at radius 2 is 1.94 bits per heavy atom. The molecule has 0 aromatic heterocycles. The first-order valence-corrected chi connectivity index (χ1v) is 7.34. The van der Waals surface area contributed by atoms with Crippen LogP contribution in [0.2, 0.25) is 0 Å². The molecular weight excluding hydrogens is 226 g/mol. The third-order valence-electron chi connectivity index (χ3n) is 5.73. The molecule has 1 saturated heterocycles. The molecule has 3 unspecified atom stereocenters. The summed E-state index contributed by atoms with van der Waals surface area (Å²) in [5.74, 6) is 0.551. The van der Waals surface area contributed by atoms with Crippen LogP contribution in [0.5, 0.6) is 0 Å². The van der Waals surface area contributed by atoms with Gasteiger partial charge in [-0.3, -0.25) is 9.69 Å². The lowest BCUT2D eigenvalue weighted by atomic mass is 9.60. The number of likely N-dealkylation sites (tertiary alicyclic amines) is 1. The molecule has 0 aromatic carbocycles. The molecule has 0 bridgehead atoms. The van der Waals surface area contributed by atoms with E-state index < -0.39 is 5.97 Å². The van der Waals surface area contributed by atoms with Gasteiger partial charge in [0.15, 0.2) is 0 Å². The quantitative estimate of drug-likeness (QED) is 0.841. The van der Waals surface area contributed by atoms with E-state index >= 15 is 0 Å². The van der Waals surface area contributed by atoms with Gasteiger partial charge in [-0.2, -0.15) is 0 Å². The van der Waals surface area contributed by atoms with Crippen molar-refractivity contribution in [1.29, 1.82) is 0 Å². The van der Waals surface area contributed by atoms with E-state index in [1.807, 2.05) is 0 Å². The van der Waals surface area contributed by atoms with Crippen LogP contribution >= 0.6 is 0 Å². The summed E-state index contributed by atoms with van der Waals surface area (Å²) in [6, 6.07) is 0.596. The summed E-state index contributed by atoms with van der Waals surface area (Å²) in [4.78, 5) is 13.9. The number of carboxylic acids is 1. The fraction of sp³-hybridized carbons (Fsp3) is 0.933. The lowest BCUT2D eigenvalue weighted by Gasteiger charge is -2.54. The molecular formula is C15H27NO2. The fourth-order valence-electron chi connectivity index (χ4n) is 3.85. The predicted molar refractivity (Wildman–Crippen MR) is 72.4 cm³/mol. The zero-order valence-electron chi connectivity index (χ0n) is 12.1. The minimum Gasteiger partial charge on any atom is -0.481 e. The van der Waals surface area contributed by atoms with E-state index in [9.17, 15) is 9.90 Å². The summed E-state index contributed by atoms with van der Waals surface area (Å²) >= 11 is 0. The second kappa shape index (κ2) is 4.84. The van der Waals surface area contributed by atoms with E-state index in [-0.39, 0.29) is 11.3 Å². The van der Waals surface area contributed by atoms with Gasteiger partial charge in [0.25, 0.3) is 0 Å². The van der Waals surface area contributed by atoms with Crippen LogP contribution in [0.25, 0.3) is 0 Å². The number of aliphatic carboxylic acids is 1. The Morgan fingerprint density at radius 3 is 2.44 bits per heavy atom. The second-order valence-corrected chi connectivity index (χ2v) is 6.87. The van der Waals surface area contributed by atoms with Gasteiger partial charge in [0.1, 0.15) is 0 Å². The van der Waals surface area contributed by atoms with Crippen molar-refractivity contribution in [3.8, 4) is 0 Å². The lowest BCUT2D eigenvalue weighted by molar-refractivity contribution is -0.153. The zero-order chi connectivity index (χ0) is 13.5. The highest BCUT2D eigenvalue weighted by Gasteiger charge is 2.49. The Bertz CT molecular complexity index is 320. The van der Waals surface area contributed by atoms with Crippen molar-refractivity contribution in [3.05, 3.63) is 0 Å². The maximum atomic E-state index is 11.4. The lowest BCUT2D eigenvalue weighted by Crippen LogP contribution is -2.59. The molecule has 2 aliphatic rings. The minimum absolute atomic E-state index is 0.0912. The van der Waals surface area contributed by atoms with Crippen LogP contribution in [0, 0.1) is 23.2 Å². The number of hydrogen-bond acceptors (Lipinski definition) is 2. The first-order valence-electron chi connectivity index (χ1n) is 7.34. The Morgan fingerprint density at radius 1 is 1.33 bits per heavy atom. The summed E-state index contributed by atoms with van der Waals surface area (Å²) in [6.45, 7) is 11.2. The maximum Gasteiger partial charge on any atom is 0.307 e.